The molecule has 0 radical (unpaired) electrons. The Morgan fingerprint density at radius 2 is 2.38 bits per heavy atom. The van der Waals surface area contributed by atoms with Gasteiger partial charge < -0.3 is 15.4 Å². The van der Waals surface area contributed by atoms with Crippen molar-refractivity contribution in [2.24, 2.45) is 4.99 Å². The van der Waals surface area contributed by atoms with E-state index >= 15 is 0 Å². The minimum absolute atomic E-state index is 0.0529. The zero-order valence-electron chi connectivity index (χ0n) is 9.41. The second-order valence-electron chi connectivity index (χ2n) is 4.10. The highest BCUT2D eigenvalue weighted by Crippen LogP contribution is 2.31. The molecule has 5 nitrogen and oxygen atoms in total. The van der Waals surface area contributed by atoms with E-state index in [0.29, 0.717) is 0 Å². The van der Waals surface area contributed by atoms with Crippen LogP contribution >= 0.6 is 11.8 Å². The summed E-state index contributed by atoms with van der Waals surface area (Å²) < 4.78 is 5.35. The molecular weight excluding hydrogens is 226 g/mol. The van der Waals surface area contributed by atoms with Crippen LogP contribution in [0.4, 0.5) is 0 Å². The summed E-state index contributed by atoms with van der Waals surface area (Å²) in [5.41, 5.74) is 0.157. The highest BCUT2D eigenvalue weighted by Gasteiger charge is 2.38. The van der Waals surface area contributed by atoms with Gasteiger partial charge in [-0.05, 0) is 12.8 Å². The summed E-state index contributed by atoms with van der Waals surface area (Å²) in [6, 6.07) is 0. The predicted molar refractivity (Wildman–Crippen MR) is 64.7 cm³/mol. The Balaban J connectivity index is 1.89. The molecule has 2 fully saturated rings. The number of likely N-dealkylation sites (N-methyl/N-ethyl adjacent to an activating group) is 1. The molecule has 2 aliphatic heterocycles. The number of hydrogen-bond donors (Lipinski definition) is 2. The molecular formula is C10H17N3O2S. The van der Waals surface area contributed by atoms with Crippen molar-refractivity contribution in [2.75, 3.05) is 32.6 Å². The first-order chi connectivity index (χ1) is 7.74. The minimum Gasteiger partial charge on any atom is -0.381 e. The van der Waals surface area contributed by atoms with E-state index in [9.17, 15) is 4.79 Å². The van der Waals surface area contributed by atoms with Gasteiger partial charge in [-0.25, -0.2) is 0 Å². The summed E-state index contributed by atoms with van der Waals surface area (Å²) >= 11 is 1.70. The van der Waals surface area contributed by atoms with Gasteiger partial charge in [0.1, 0.15) is 6.54 Å². The van der Waals surface area contributed by atoms with Crippen LogP contribution < -0.4 is 10.6 Å². The van der Waals surface area contributed by atoms with Gasteiger partial charge in [0.25, 0.3) is 0 Å². The Morgan fingerprint density at radius 3 is 3.06 bits per heavy atom. The van der Waals surface area contributed by atoms with Crippen LogP contribution in [-0.2, 0) is 9.53 Å². The third-order valence-corrected chi connectivity index (χ3v) is 4.15. The Labute approximate surface area is 99.4 Å². The molecule has 1 spiro atoms. The fourth-order valence-electron chi connectivity index (χ4n) is 1.84. The molecule has 0 atom stereocenters. The van der Waals surface area contributed by atoms with Crippen molar-refractivity contribution >= 4 is 22.8 Å². The van der Waals surface area contributed by atoms with E-state index < -0.39 is 0 Å². The van der Waals surface area contributed by atoms with Crippen molar-refractivity contribution in [1.29, 1.82) is 0 Å². The lowest BCUT2D eigenvalue weighted by atomic mass is 9.93. The minimum atomic E-state index is -0.0529. The summed E-state index contributed by atoms with van der Waals surface area (Å²) in [7, 11) is 1.62. The first kappa shape index (κ1) is 11.7. The first-order valence-corrected chi connectivity index (χ1v) is 6.46. The van der Waals surface area contributed by atoms with Gasteiger partial charge in [-0.2, -0.15) is 0 Å². The van der Waals surface area contributed by atoms with E-state index in [1.54, 1.807) is 18.8 Å². The molecule has 0 aromatic rings. The van der Waals surface area contributed by atoms with Gasteiger partial charge in [0.2, 0.25) is 5.91 Å². The zero-order chi connectivity index (χ0) is 11.4. The molecule has 0 aromatic heterocycles. The summed E-state index contributed by atoms with van der Waals surface area (Å²) in [5, 5.41) is 6.89. The number of amidine groups is 1. The Morgan fingerprint density at radius 1 is 1.62 bits per heavy atom. The van der Waals surface area contributed by atoms with E-state index in [-0.39, 0.29) is 18.0 Å². The summed E-state index contributed by atoms with van der Waals surface area (Å²) in [6.07, 6.45) is 2.05. The van der Waals surface area contributed by atoms with Gasteiger partial charge in [0, 0.05) is 26.0 Å². The average Bonchev–Trinajstić information content (AvgIpc) is 2.70. The number of nitrogens with zero attached hydrogens (tertiary/aromatic N) is 1. The van der Waals surface area contributed by atoms with E-state index in [2.05, 4.69) is 15.6 Å². The zero-order valence-corrected chi connectivity index (χ0v) is 10.2. The molecule has 2 rings (SSSR count). The van der Waals surface area contributed by atoms with Gasteiger partial charge in [0.05, 0.1) is 5.54 Å². The van der Waals surface area contributed by atoms with Crippen LogP contribution in [-0.4, -0.2) is 49.2 Å². The molecule has 2 heterocycles. The average molecular weight is 243 g/mol. The lowest BCUT2D eigenvalue weighted by molar-refractivity contribution is -0.119. The quantitative estimate of drug-likeness (QED) is 0.715. The maximum absolute atomic E-state index is 11.1. The van der Waals surface area contributed by atoms with Crippen LogP contribution in [0, 0.1) is 0 Å². The number of hydrogen-bond acceptors (Lipinski definition) is 4. The van der Waals surface area contributed by atoms with Crippen molar-refractivity contribution in [2.45, 2.75) is 18.4 Å². The third-order valence-electron chi connectivity index (χ3n) is 2.95. The SMILES string of the molecule is CNC(=O)CN=C1NC2(CCOCC2)CS1. The molecule has 1 amide bonds. The first-order valence-electron chi connectivity index (χ1n) is 5.48. The maximum atomic E-state index is 11.1. The molecule has 2 aliphatic rings. The monoisotopic (exact) mass is 243 g/mol. The van der Waals surface area contributed by atoms with Crippen LogP contribution in [0.15, 0.2) is 4.99 Å². The van der Waals surface area contributed by atoms with E-state index in [1.165, 1.54) is 0 Å². The van der Waals surface area contributed by atoms with Crippen molar-refractivity contribution < 1.29 is 9.53 Å². The highest BCUT2D eigenvalue weighted by atomic mass is 32.2. The van der Waals surface area contributed by atoms with Gasteiger partial charge in [-0.15, -0.1) is 0 Å². The Kier molecular flexibility index (Phi) is 3.70. The maximum Gasteiger partial charge on any atom is 0.241 e. The largest absolute Gasteiger partial charge is 0.381 e. The molecule has 90 valence electrons. The molecule has 0 aliphatic carbocycles. The molecule has 6 heteroatoms. The molecule has 2 N–H and O–H groups in total. The van der Waals surface area contributed by atoms with Crippen LogP contribution in [0.3, 0.4) is 0 Å². The number of ether oxygens (including phenoxy) is 1. The fourth-order valence-corrected chi connectivity index (χ4v) is 3.06. The van der Waals surface area contributed by atoms with E-state index in [0.717, 1.165) is 37.0 Å². The lowest BCUT2D eigenvalue weighted by Gasteiger charge is -2.32. The van der Waals surface area contributed by atoms with Gasteiger partial charge in [0.15, 0.2) is 5.17 Å². The molecule has 0 bridgehead atoms. The molecule has 0 aromatic carbocycles. The number of nitrogens with one attached hydrogen (secondary N) is 2. The van der Waals surface area contributed by atoms with Crippen molar-refractivity contribution in [3.05, 3.63) is 0 Å². The van der Waals surface area contributed by atoms with Crippen LogP contribution in [0.1, 0.15) is 12.8 Å². The smallest absolute Gasteiger partial charge is 0.241 e. The topological polar surface area (TPSA) is 62.7 Å². The molecule has 2 saturated heterocycles. The van der Waals surface area contributed by atoms with Crippen LogP contribution in [0.25, 0.3) is 0 Å². The normalized spacial score (nSPS) is 25.7. The third kappa shape index (κ3) is 2.68. The predicted octanol–water partition coefficient (Wildman–Crippen LogP) is -0.0260. The fraction of sp³-hybridized carbons (Fsp3) is 0.800. The van der Waals surface area contributed by atoms with Gasteiger partial charge >= 0.3 is 0 Å². The number of carbonyl (C=O) groups excluding carboxylic acids is 1. The standard InChI is InChI=1S/C10H17N3O2S/c1-11-8(14)6-12-9-13-10(7-16-9)2-4-15-5-3-10/h2-7H2,1H3,(H,11,14)(H,12,13). The second kappa shape index (κ2) is 5.05. The van der Waals surface area contributed by atoms with E-state index in [4.69, 9.17) is 4.74 Å². The summed E-state index contributed by atoms with van der Waals surface area (Å²) in [4.78, 5) is 15.3. The number of amides is 1. The number of aliphatic imine (C=N–C) groups is 1. The van der Waals surface area contributed by atoms with Crippen molar-refractivity contribution in [3.8, 4) is 0 Å². The second-order valence-corrected chi connectivity index (χ2v) is 5.06. The Bertz CT molecular complexity index is 300. The van der Waals surface area contributed by atoms with Gasteiger partial charge in [-0.3, -0.25) is 9.79 Å². The number of rotatable bonds is 2. The molecule has 0 unspecified atom stereocenters. The van der Waals surface area contributed by atoms with Crippen molar-refractivity contribution in [3.63, 3.8) is 0 Å². The Hall–Kier alpha value is -0.750. The number of thioether (sulfide) groups is 1. The highest BCUT2D eigenvalue weighted by molar-refractivity contribution is 8.14. The molecule has 0 saturated carbocycles. The van der Waals surface area contributed by atoms with Crippen molar-refractivity contribution in [1.82, 2.24) is 10.6 Å². The van der Waals surface area contributed by atoms with E-state index in [1.807, 2.05) is 0 Å². The van der Waals surface area contributed by atoms with Crippen LogP contribution in [0.2, 0.25) is 0 Å². The molecule has 16 heavy (non-hydrogen) atoms. The lowest BCUT2D eigenvalue weighted by Crippen LogP contribution is -2.48. The number of carbonyl (C=O) groups is 1. The van der Waals surface area contributed by atoms with Gasteiger partial charge in [-0.1, -0.05) is 11.8 Å². The summed E-state index contributed by atoms with van der Waals surface area (Å²) in [5.74, 6) is 0.978. The van der Waals surface area contributed by atoms with Crippen LogP contribution in [0.5, 0.6) is 0 Å². The summed E-state index contributed by atoms with van der Waals surface area (Å²) in [6.45, 7) is 1.84.